The van der Waals surface area contributed by atoms with E-state index in [0.29, 0.717) is 17.0 Å². The zero-order valence-electron chi connectivity index (χ0n) is 13.2. The second-order valence-electron chi connectivity index (χ2n) is 5.05. The van der Waals surface area contributed by atoms with Crippen molar-refractivity contribution in [3.63, 3.8) is 0 Å². The van der Waals surface area contributed by atoms with Crippen LogP contribution in [0.4, 0.5) is 0 Å². The number of hydrogen-bond donors (Lipinski definition) is 2. The van der Waals surface area contributed by atoms with Gasteiger partial charge in [-0.05, 0) is 35.9 Å². The fraction of sp³-hybridized carbons (Fsp3) is 0.111. The Morgan fingerprint density at radius 2 is 1.88 bits per heavy atom. The topological polar surface area (TPSA) is 91.2 Å². The maximum Gasteiger partial charge on any atom is 0.200 e. The molecule has 0 bridgehead atoms. The van der Waals surface area contributed by atoms with Crippen LogP contribution >= 0.6 is 0 Å². The number of phenols is 1. The first-order valence-corrected chi connectivity index (χ1v) is 7.18. The monoisotopic (exact) mass is 321 g/mol. The van der Waals surface area contributed by atoms with Crippen LogP contribution in [-0.4, -0.2) is 29.3 Å². The van der Waals surface area contributed by atoms with Gasteiger partial charge in [-0.25, -0.2) is 4.98 Å². The molecule has 0 amide bonds. The summed E-state index contributed by atoms with van der Waals surface area (Å²) in [5, 5.41) is 19.4. The van der Waals surface area contributed by atoms with Crippen molar-refractivity contribution < 1.29 is 14.6 Å². The third kappa shape index (κ3) is 2.75. The molecule has 0 radical (unpaired) electrons. The van der Waals surface area contributed by atoms with Gasteiger partial charge in [-0.1, -0.05) is 12.1 Å². The quantitative estimate of drug-likeness (QED) is 0.719. The summed E-state index contributed by atoms with van der Waals surface area (Å²) in [4.78, 5) is 7.55. The number of aromatic nitrogens is 2. The number of rotatable bonds is 4. The fourth-order valence-corrected chi connectivity index (χ4v) is 2.40. The maximum atomic E-state index is 9.96. The minimum Gasteiger partial charge on any atom is -0.502 e. The van der Waals surface area contributed by atoms with Crippen molar-refractivity contribution in [2.24, 2.45) is 0 Å². The Bertz CT molecular complexity index is 909. The van der Waals surface area contributed by atoms with E-state index in [0.717, 1.165) is 11.0 Å². The number of fused-ring (bicyclic) bond motifs is 1. The lowest BCUT2D eigenvalue weighted by Crippen LogP contribution is -1.91. The highest BCUT2D eigenvalue weighted by atomic mass is 16.5. The summed E-state index contributed by atoms with van der Waals surface area (Å²) in [7, 11) is 2.90. The molecule has 0 atom stereocenters. The van der Waals surface area contributed by atoms with Crippen LogP contribution in [0, 0.1) is 11.3 Å². The van der Waals surface area contributed by atoms with Crippen LogP contribution in [0.3, 0.4) is 0 Å². The predicted molar refractivity (Wildman–Crippen MR) is 90.8 cm³/mol. The number of aromatic hydroxyl groups is 1. The molecule has 2 N–H and O–H groups in total. The number of ether oxygens (including phenoxy) is 2. The number of para-hydroxylation sites is 2. The number of nitrogens with zero attached hydrogens (tertiary/aromatic N) is 2. The lowest BCUT2D eigenvalue weighted by molar-refractivity contribution is 0.340. The molecule has 0 unspecified atom stereocenters. The first-order valence-electron chi connectivity index (χ1n) is 7.18. The third-order valence-electron chi connectivity index (χ3n) is 3.58. The number of benzene rings is 2. The summed E-state index contributed by atoms with van der Waals surface area (Å²) >= 11 is 0. The molecule has 120 valence electrons. The van der Waals surface area contributed by atoms with Gasteiger partial charge in [-0.2, -0.15) is 5.26 Å². The van der Waals surface area contributed by atoms with Gasteiger partial charge in [0.15, 0.2) is 11.5 Å². The number of hydrogen-bond acceptors (Lipinski definition) is 5. The first-order chi connectivity index (χ1) is 11.7. The van der Waals surface area contributed by atoms with Crippen molar-refractivity contribution in [2.45, 2.75) is 0 Å². The third-order valence-corrected chi connectivity index (χ3v) is 3.58. The van der Waals surface area contributed by atoms with Gasteiger partial charge in [0, 0.05) is 0 Å². The average Bonchev–Trinajstić information content (AvgIpc) is 3.04. The molecule has 3 rings (SSSR count). The Balaban J connectivity index is 2.09. The Morgan fingerprint density at radius 3 is 2.46 bits per heavy atom. The predicted octanol–water partition coefficient (Wildman–Crippen LogP) is 3.35. The summed E-state index contributed by atoms with van der Waals surface area (Å²) in [5.41, 5.74) is 2.66. The van der Waals surface area contributed by atoms with E-state index >= 15 is 0 Å². The number of nitriles is 1. The van der Waals surface area contributed by atoms with Gasteiger partial charge in [0.05, 0.1) is 30.8 Å². The number of nitrogens with one attached hydrogen (secondary N) is 1. The normalized spacial score (nSPS) is 11.3. The molecule has 0 aliphatic heterocycles. The van der Waals surface area contributed by atoms with Gasteiger partial charge >= 0.3 is 0 Å². The van der Waals surface area contributed by atoms with Crippen molar-refractivity contribution in [2.75, 3.05) is 14.2 Å². The molecule has 1 aromatic heterocycles. The molecule has 2 aromatic carbocycles. The van der Waals surface area contributed by atoms with Crippen LogP contribution in [0.1, 0.15) is 11.4 Å². The zero-order valence-corrected chi connectivity index (χ0v) is 13.2. The SMILES string of the molecule is COc1cc(/C=C(/C#N)c2nc3ccccc3[nH]2)cc(OC)c1O. The van der Waals surface area contributed by atoms with E-state index in [1.807, 2.05) is 24.3 Å². The molecule has 0 fully saturated rings. The largest absolute Gasteiger partial charge is 0.502 e. The van der Waals surface area contributed by atoms with Crippen molar-refractivity contribution >= 4 is 22.7 Å². The van der Waals surface area contributed by atoms with Crippen molar-refractivity contribution in [1.82, 2.24) is 9.97 Å². The van der Waals surface area contributed by atoms with Gasteiger partial charge in [0.2, 0.25) is 5.75 Å². The highest BCUT2D eigenvalue weighted by Gasteiger charge is 2.12. The van der Waals surface area contributed by atoms with Crippen molar-refractivity contribution in [3.8, 4) is 23.3 Å². The highest BCUT2D eigenvalue weighted by molar-refractivity contribution is 5.90. The van der Waals surface area contributed by atoms with E-state index < -0.39 is 0 Å². The molecule has 0 spiro atoms. The second kappa shape index (κ2) is 6.34. The lowest BCUT2D eigenvalue weighted by atomic mass is 10.1. The molecule has 3 aromatic rings. The van der Waals surface area contributed by atoms with Gasteiger partial charge in [-0.3, -0.25) is 0 Å². The molecule has 0 saturated heterocycles. The van der Waals surface area contributed by atoms with Gasteiger partial charge in [-0.15, -0.1) is 0 Å². The minimum atomic E-state index is -0.0839. The molecular weight excluding hydrogens is 306 g/mol. The highest BCUT2D eigenvalue weighted by Crippen LogP contribution is 2.38. The van der Waals surface area contributed by atoms with Gasteiger partial charge in [0.1, 0.15) is 11.9 Å². The summed E-state index contributed by atoms with van der Waals surface area (Å²) in [6.07, 6.45) is 1.65. The standard InChI is InChI=1S/C18H15N3O3/c1-23-15-8-11(9-16(24-2)17(15)22)7-12(10-19)18-20-13-5-3-4-6-14(13)21-18/h3-9,22H,1-2H3,(H,20,21)/b12-7-. The van der Waals surface area contributed by atoms with Gasteiger partial charge in [0.25, 0.3) is 0 Å². The number of aromatic amines is 1. The van der Waals surface area contributed by atoms with E-state index in [1.54, 1.807) is 18.2 Å². The van der Waals surface area contributed by atoms with Crippen LogP contribution in [0.25, 0.3) is 22.7 Å². The number of allylic oxidation sites excluding steroid dienone is 1. The van der Waals surface area contributed by atoms with E-state index in [9.17, 15) is 10.4 Å². The van der Waals surface area contributed by atoms with Crippen LogP contribution in [0.5, 0.6) is 17.2 Å². The van der Waals surface area contributed by atoms with Crippen LogP contribution < -0.4 is 9.47 Å². The summed E-state index contributed by atoms with van der Waals surface area (Å²) < 4.78 is 10.3. The molecule has 0 aliphatic carbocycles. The number of imidazole rings is 1. The Hall–Kier alpha value is -3.46. The van der Waals surface area contributed by atoms with E-state index in [-0.39, 0.29) is 17.2 Å². The maximum absolute atomic E-state index is 9.96. The molecule has 6 nitrogen and oxygen atoms in total. The van der Waals surface area contributed by atoms with Gasteiger partial charge < -0.3 is 19.6 Å². The van der Waals surface area contributed by atoms with Crippen LogP contribution in [0.15, 0.2) is 36.4 Å². The first kappa shape index (κ1) is 15.4. The summed E-state index contributed by atoms with van der Waals surface area (Å²) in [5.74, 6) is 0.925. The number of H-pyrrole nitrogens is 1. The summed E-state index contributed by atoms with van der Waals surface area (Å²) in [6.45, 7) is 0. The number of phenolic OH excluding ortho intramolecular Hbond substituents is 1. The molecule has 6 heteroatoms. The Labute approximate surface area is 138 Å². The average molecular weight is 321 g/mol. The Kier molecular flexibility index (Phi) is 4.08. The molecule has 0 saturated carbocycles. The van der Waals surface area contributed by atoms with E-state index in [1.165, 1.54) is 14.2 Å². The molecule has 24 heavy (non-hydrogen) atoms. The van der Waals surface area contributed by atoms with Crippen LogP contribution in [-0.2, 0) is 0 Å². The van der Waals surface area contributed by atoms with E-state index in [2.05, 4.69) is 16.0 Å². The molecule has 1 heterocycles. The second-order valence-corrected chi connectivity index (χ2v) is 5.05. The van der Waals surface area contributed by atoms with Crippen molar-refractivity contribution in [3.05, 3.63) is 47.8 Å². The molecular formula is C18H15N3O3. The van der Waals surface area contributed by atoms with E-state index in [4.69, 9.17) is 9.47 Å². The number of methoxy groups -OCH3 is 2. The minimum absolute atomic E-state index is 0.0839. The summed E-state index contributed by atoms with van der Waals surface area (Å²) in [6, 6.07) is 12.9. The Morgan fingerprint density at radius 1 is 1.21 bits per heavy atom. The zero-order chi connectivity index (χ0) is 17.1. The fourth-order valence-electron chi connectivity index (χ4n) is 2.40. The van der Waals surface area contributed by atoms with Crippen LogP contribution in [0.2, 0.25) is 0 Å². The van der Waals surface area contributed by atoms with Crippen molar-refractivity contribution in [1.29, 1.82) is 5.26 Å². The smallest absolute Gasteiger partial charge is 0.200 e. The lowest BCUT2D eigenvalue weighted by Gasteiger charge is -2.09. The molecule has 0 aliphatic rings.